The van der Waals surface area contributed by atoms with E-state index in [1.807, 2.05) is 12.1 Å². The first-order valence-corrected chi connectivity index (χ1v) is 5.89. The molecule has 2 rings (SSSR count). The number of anilines is 1. The molecule has 3 N–H and O–H groups in total. The smallest absolute Gasteiger partial charge is 0.307 e. The molecule has 17 heavy (non-hydrogen) atoms. The lowest BCUT2D eigenvalue weighted by atomic mass is 9.97. The number of benzene rings is 1. The summed E-state index contributed by atoms with van der Waals surface area (Å²) >= 11 is 0. The molecular formula is C13H18N2O2. The number of carboxylic acids is 1. The largest absolute Gasteiger partial charge is 0.481 e. The maximum absolute atomic E-state index is 10.8. The maximum Gasteiger partial charge on any atom is 0.307 e. The molecule has 4 nitrogen and oxygen atoms in total. The quantitative estimate of drug-likeness (QED) is 0.775. The predicted molar refractivity (Wildman–Crippen MR) is 66.6 cm³/mol. The normalized spacial score (nSPS) is 17.5. The second-order valence-corrected chi connectivity index (χ2v) is 4.71. The van der Waals surface area contributed by atoms with Gasteiger partial charge >= 0.3 is 5.97 Å². The Hall–Kier alpha value is -1.55. The minimum Gasteiger partial charge on any atom is -0.481 e. The van der Waals surface area contributed by atoms with Crippen LogP contribution in [0.25, 0.3) is 0 Å². The zero-order valence-corrected chi connectivity index (χ0v) is 10.0. The summed E-state index contributed by atoms with van der Waals surface area (Å²) < 4.78 is 0. The van der Waals surface area contributed by atoms with E-state index in [9.17, 15) is 4.79 Å². The highest BCUT2D eigenvalue weighted by Gasteiger charge is 2.21. The van der Waals surface area contributed by atoms with Crippen LogP contribution in [-0.2, 0) is 17.8 Å². The van der Waals surface area contributed by atoms with E-state index in [1.54, 1.807) is 6.92 Å². The minimum atomic E-state index is -0.739. The van der Waals surface area contributed by atoms with Gasteiger partial charge < -0.3 is 10.8 Å². The van der Waals surface area contributed by atoms with Gasteiger partial charge in [-0.05, 0) is 23.6 Å². The Balaban J connectivity index is 2.08. The summed E-state index contributed by atoms with van der Waals surface area (Å²) in [6, 6.07) is 5.98. The number of rotatable bonds is 3. The van der Waals surface area contributed by atoms with Gasteiger partial charge in [0.2, 0.25) is 0 Å². The average Bonchev–Trinajstić information content (AvgIpc) is 2.30. The Labute approximate surface area is 101 Å². The molecule has 0 aliphatic carbocycles. The molecule has 0 fully saturated rings. The van der Waals surface area contributed by atoms with Crippen molar-refractivity contribution in [3.05, 3.63) is 29.3 Å². The molecule has 0 radical (unpaired) electrons. The molecule has 1 atom stereocenters. The van der Waals surface area contributed by atoms with E-state index in [2.05, 4.69) is 11.0 Å². The van der Waals surface area contributed by atoms with Crippen LogP contribution in [0, 0.1) is 5.92 Å². The summed E-state index contributed by atoms with van der Waals surface area (Å²) in [7, 11) is 0. The van der Waals surface area contributed by atoms with Gasteiger partial charge in [-0.1, -0.05) is 19.1 Å². The molecule has 1 heterocycles. The standard InChI is InChI=1S/C13H18N2O2/c1-9(13(16)17)7-15-6-5-10-3-2-4-12(14)11(10)8-15/h2-4,9H,5-8,14H2,1H3,(H,16,17). The molecule has 1 aromatic rings. The SMILES string of the molecule is CC(CN1CCc2cccc(N)c2C1)C(=O)O. The first-order chi connectivity index (χ1) is 8.08. The van der Waals surface area contributed by atoms with E-state index in [0.29, 0.717) is 6.54 Å². The molecule has 1 unspecified atom stereocenters. The average molecular weight is 234 g/mol. The topological polar surface area (TPSA) is 66.6 Å². The summed E-state index contributed by atoms with van der Waals surface area (Å²) in [5.74, 6) is -1.07. The third-order valence-electron chi connectivity index (χ3n) is 3.34. The second kappa shape index (κ2) is 4.75. The van der Waals surface area contributed by atoms with E-state index in [4.69, 9.17) is 10.8 Å². The van der Waals surface area contributed by atoms with E-state index in [-0.39, 0.29) is 5.92 Å². The van der Waals surface area contributed by atoms with Crippen molar-refractivity contribution >= 4 is 11.7 Å². The summed E-state index contributed by atoms with van der Waals surface area (Å²) in [6.45, 7) is 4.00. The second-order valence-electron chi connectivity index (χ2n) is 4.71. The lowest BCUT2D eigenvalue weighted by Gasteiger charge is -2.30. The highest BCUT2D eigenvalue weighted by molar-refractivity contribution is 5.69. The Morgan fingerprint density at radius 3 is 3.06 bits per heavy atom. The van der Waals surface area contributed by atoms with Crippen LogP contribution in [-0.4, -0.2) is 29.1 Å². The Morgan fingerprint density at radius 2 is 2.35 bits per heavy atom. The molecule has 1 aliphatic rings. The molecule has 0 saturated heterocycles. The van der Waals surface area contributed by atoms with Crippen molar-refractivity contribution in [2.24, 2.45) is 5.92 Å². The van der Waals surface area contributed by atoms with E-state index in [1.165, 1.54) is 5.56 Å². The molecular weight excluding hydrogens is 216 g/mol. The molecule has 1 aromatic carbocycles. The fraction of sp³-hybridized carbons (Fsp3) is 0.462. The van der Waals surface area contributed by atoms with Gasteiger partial charge in [0.15, 0.2) is 0 Å². The van der Waals surface area contributed by atoms with Gasteiger partial charge in [-0.15, -0.1) is 0 Å². The molecule has 0 saturated carbocycles. The zero-order chi connectivity index (χ0) is 12.4. The third kappa shape index (κ3) is 2.58. The fourth-order valence-corrected chi connectivity index (χ4v) is 2.28. The van der Waals surface area contributed by atoms with Crippen LogP contribution in [0.3, 0.4) is 0 Å². The van der Waals surface area contributed by atoms with Crippen molar-refractivity contribution in [2.75, 3.05) is 18.8 Å². The van der Waals surface area contributed by atoms with Crippen LogP contribution >= 0.6 is 0 Å². The predicted octanol–water partition coefficient (Wildman–Crippen LogP) is 1.35. The van der Waals surface area contributed by atoms with E-state index in [0.717, 1.165) is 30.8 Å². The van der Waals surface area contributed by atoms with Crippen LogP contribution in [0.15, 0.2) is 18.2 Å². The Bertz CT molecular complexity index is 431. The monoisotopic (exact) mass is 234 g/mol. The summed E-state index contributed by atoms with van der Waals surface area (Å²) in [5, 5.41) is 8.91. The van der Waals surface area contributed by atoms with Crippen molar-refractivity contribution in [1.82, 2.24) is 4.90 Å². The van der Waals surface area contributed by atoms with Crippen LogP contribution in [0.2, 0.25) is 0 Å². The molecule has 0 spiro atoms. The van der Waals surface area contributed by atoms with Gasteiger partial charge in [-0.2, -0.15) is 0 Å². The first kappa shape index (κ1) is 11.9. The number of fused-ring (bicyclic) bond motifs is 1. The van der Waals surface area contributed by atoms with Gasteiger partial charge in [0.1, 0.15) is 0 Å². The number of carboxylic acid groups (broad SMARTS) is 1. The van der Waals surface area contributed by atoms with E-state index < -0.39 is 5.97 Å². The van der Waals surface area contributed by atoms with Crippen molar-refractivity contribution in [3.63, 3.8) is 0 Å². The van der Waals surface area contributed by atoms with Crippen LogP contribution in [0.1, 0.15) is 18.1 Å². The third-order valence-corrected chi connectivity index (χ3v) is 3.34. The Kier molecular flexibility index (Phi) is 3.33. The molecule has 0 aromatic heterocycles. The van der Waals surface area contributed by atoms with Gasteiger partial charge in [0, 0.05) is 25.3 Å². The molecule has 0 amide bonds. The first-order valence-electron chi connectivity index (χ1n) is 5.89. The van der Waals surface area contributed by atoms with Crippen molar-refractivity contribution in [1.29, 1.82) is 0 Å². The molecule has 4 heteroatoms. The van der Waals surface area contributed by atoms with Gasteiger partial charge in [-0.25, -0.2) is 0 Å². The van der Waals surface area contributed by atoms with Crippen LogP contribution in [0.4, 0.5) is 5.69 Å². The lowest BCUT2D eigenvalue weighted by molar-refractivity contribution is -0.141. The number of nitrogen functional groups attached to an aromatic ring is 1. The summed E-state index contributed by atoms with van der Waals surface area (Å²) in [6.07, 6.45) is 0.951. The minimum absolute atomic E-state index is 0.332. The fourth-order valence-electron chi connectivity index (χ4n) is 2.28. The number of carbonyl (C=O) groups is 1. The molecule has 92 valence electrons. The number of nitrogens with zero attached hydrogens (tertiary/aromatic N) is 1. The summed E-state index contributed by atoms with van der Waals surface area (Å²) in [5.41, 5.74) is 9.23. The number of nitrogens with two attached hydrogens (primary N) is 1. The molecule has 0 bridgehead atoms. The van der Waals surface area contributed by atoms with Gasteiger partial charge in [-0.3, -0.25) is 9.69 Å². The van der Waals surface area contributed by atoms with Crippen LogP contribution in [0.5, 0.6) is 0 Å². The maximum atomic E-state index is 10.8. The molecule has 1 aliphatic heterocycles. The van der Waals surface area contributed by atoms with Crippen molar-refractivity contribution in [2.45, 2.75) is 19.9 Å². The van der Waals surface area contributed by atoms with E-state index >= 15 is 0 Å². The van der Waals surface area contributed by atoms with Crippen molar-refractivity contribution in [3.8, 4) is 0 Å². The highest BCUT2D eigenvalue weighted by Crippen LogP contribution is 2.24. The van der Waals surface area contributed by atoms with Gasteiger partial charge in [0.25, 0.3) is 0 Å². The zero-order valence-electron chi connectivity index (χ0n) is 10.0. The highest BCUT2D eigenvalue weighted by atomic mass is 16.4. The number of hydrogen-bond acceptors (Lipinski definition) is 3. The lowest BCUT2D eigenvalue weighted by Crippen LogP contribution is -2.36. The summed E-state index contributed by atoms with van der Waals surface area (Å²) in [4.78, 5) is 13.0. The van der Waals surface area contributed by atoms with Crippen LogP contribution < -0.4 is 5.73 Å². The Morgan fingerprint density at radius 1 is 1.59 bits per heavy atom. The van der Waals surface area contributed by atoms with Gasteiger partial charge in [0.05, 0.1) is 5.92 Å². The number of hydrogen-bond donors (Lipinski definition) is 2. The van der Waals surface area contributed by atoms with Crippen molar-refractivity contribution < 1.29 is 9.90 Å². The number of aliphatic carboxylic acids is 1.